The van der Waals surface area contributed by atoms with Crippen LogP contribution in [0.15, 0.2) is 0 Å². The zero-order valence-electron chi connectivity index (χ0n) is 7.58. The highest BCUT2D eigenvalue weighted by Crippen LogP contribution is 2.71. The van der Waals surface area contributed by atoms with Gasteiger partial charge in [0.05, 0.1) is 6.07 Å². The second-order valence-corrected chi connectivity index (χ2v) is 4.43. The molecule has 0 heterocycles. The van der Waals surface area contributed by atoms with Gasteiger partial charge in [-0.15, -0.1) is 0 Å². The Balaban J connectivity index is 1.97. The van der Waals surface area contributed by atoms with E-state index in [1.54, 1.807) is 7.05 Å². The molecule has 3 saturated carbocycles. The average Bonchev–Trinajstić information content (AvgIpc) is 1.92. The second-order valence-electron chi connectivity index (χ2n) is 4.43. The Labute approximate surface area is 76.8 Å². The van der Waals surface area contributed by atoms with Crippen LogP contribution in [0, 0.1) is 16.7 Å². The van der Waals surface area contributed by atoms with E-state index >= 15 is 0 Å². The van der Waals surface area contributed by atoms with Crippen LogP contribution < -0.4 is 0 Å². The van der Waals surface area contributed by atoms with Crippen molar-refractivity contribution in [2.45, 2.75) is 31.2 Å². The lowest BCUT2D eigenvalue weighted by Gasteiger charge is -2.72. The van der Waals surface area contributed by atoms with E-state index in [4.69, 9.17) is 10.4 Å². The first-order valence-electron chi connectivity index (χ1n) is 4.37. The highest BCUT2D eigenvalue weighted by molar-refractivity contribution is 5.67. The maximum absolute atomic E-state index is 10.7. The van der Waals surface area contributed by atoms with Gasteiger partial charge in [0.2, 0.25) is 0 Å². The Morgan fingerprint density at radius 1 is 1.62 bits per heavy atom. The lowest BCUT2D eigenvalue weighted by Crippen LogP contribution is -2.74. The SMILES string of the molecule is CN(C(=O)O)C12CC(CC#N)(C1)C2. The number of rotatable bonds is 2. The van der Waals surface area contributed by atoms with Gasteiger partial charge < -0.3 is 10.0 Å². The number of hydrogen-bond acceptors (Lipinski definition) is 2. The van der Waals surface area contributed by atoms with Crippen molar-refractivity contribution in [3.8, 4) is 6.07 Å². The van der Waals surface area contributed by atoms with Crippen LogP contribution in [0.3, 0.4) is 0 Å². The summed E-state index contributed by atoms with van der Waals surface area (Å²) in [6.07, 6.45) is 2.39. The van der Waals surface area contributed by atoms with Crippen molar-refractivity contribution >= 4 is 6.09 Å². The van der Waals surface area contributed by atoms with Crippen molar-refractivity contribution < 1.29 is 9.90 Å². The van der Waals surface area contributed by atoms with E-state index in [0.717, 1.165) is 19.3 Å². The van der Waals surface area contributed by atoms with Crippen molar-refractivity contribution in [3.63, 3.8) is 0 Å². The molecule has 2 bridgehead atoms. The largest absolute Gasteiger partial charge is 0.465 e. The predicted octanol–water partition coefficient (Wildman–Crippen LogP) is 1.43. The summed E-state index contributed by atoms with van der Waals surface area (Å²) in [6, 6.07) is 2.17. The molecule has 3 fully saturated rings. The minimum atomic E-state index is -0.856. The van der Waals surface area contributed by atoms with Crippen LogP contribution in [0.5, 0.6) is 0 Å². The van der Waals surface area contributed by atoms with Gasteiger partial charge in [0.25, 0.3) is 0 Å². The third-order valence-electron chi connectivity index (χ3n) is 3.56. The van der Waals surface area contributed by atoms with Gasteiger partial charge >= 0.3 is 6.09 Å². The summed E-state index contributed by atoms with van der Waals surface area (Å²) < 4.78 is 0. The Morgan fingerprint density at radius 3 is 2.54 bits per heavy atom. The third-order valence-corrected chi connectivity index (χ3v) is 3.56. The Bertz CT molecular complexity index is 285. The number of hydrogen-bond donors (Lipinski definition) is 1. The summed E-state index contributed by atoms with van der Waals surface area (Å²) in [7, 11) is 1.62. The van der Waals surface area contributed by atoms with Crippen molar-refractivity contribution in [2.75, 3.05) is 7.05 Å². The molecule has 3 aliphatic rings. The Hall–Kier alpha value is -1.24. The number of amides is 1. The van der Waals surface area contributed by atoms with Gasteiger partial charge in [0.1, 0.15) is 0 Å². The molecule has 0 saturated heterocycles. The van der Waals surface area contributed by atoms with E-state index in [-0.39, 0.29) is 11.0 Å². The van der Waals surface area contributed by atoms with E-state index < -0.39 is 6.09 Å². The van der Waals surface area contributed by atoms with Gasteiger partial charge in [-0.25, -0.2) is 4.79 Å². The molecule has 0 aliphatic heterocycles. The first-order valence-corrected chi connectivity index (χ1v) is 4.37. The first kappa shape index (κ1) is 8.36. The summed E-state index contributed by atoms with van der Waals surface area (Å²) in [5.74, 6) is 0. The van der Waals surface area contributed by atoms with Gasteiger partial charge in [-0.2, -0.15) is 5.26 Å². The molecule has 0 unspecified atom stereocenters. The molecule has 0 aromatic heterocycles. The number of nitriles is 1. The molecule has 1 N–H and O–H groups in total. The normalized spacial score (nSPS) is 39.7. The molecular formula is C9H12N2O2. The predicted molar refractivity (Wildman–Crippen MR) is 45.0 cm³/mol. The van der Waals surface area contributed by atoms with Crippen LogP contribution in [0.2, 0.25) is 0 Å². The zero-order valence-corrected chi connectivity index (χ0v) is 7.58. The van der Waals surface area contributed by atoms with Gasteiger partial charge in [0, 0.05) is 19.0 Å². The summed E-state index contributed by atoms with van der Waals surface area (Å²) in [6.45, 7) is 0. The fourth-order valence-corrected chi connectivity index (χ4v) is 2.85. The van der Waals surface area contributed by atoms with Crippen molar-refractivity contribution in [1.82, 2.24) is 4.90 Å². The molecule has 3 rings (SSSR count). The zero-order chi connectivity index (χ0) is 9.69. The van der Waals surface area contributed by atoms with Crippen LogP contribution in [0.1, 0.15) is 25.7 Å². The maximum Gasteiger partial charge on any atom is 0.407 e. The summed E-state index contributed by atoms with van der Waals surface area (Å²) in [4.78, 5) is 12.1. The van der Waals surface area contributed by atoms with Gasteiger partial charge in [0.15, 0.2) is 0 Å². The maximum atomic E-state index is 10.7. The molecule has 3 aliphatic carbocycles. The molecule has 0 atom stereocenters. The summed E-state index contributed by atoms with van der Waals surface area (Å²) in [5, 5.41) is 17.3. The van der Waals surface area contributed by atoms with Crippen LogP contribution >= 0.6 is 0 Å². The molecule has 0 aromatic carbocycles. The standard InChI is InChI=1S/C9H12N2O2/c1-11(7(12)13)9-4-8(5-9,6-9)2-3-10/h2,4-6H2,1H3,(H,12,13). The van der Waals surface area contributed by atoms with Crippen molar-refractivity contribution in [3.05, 3.63) is 0 Å². The van der Waals surface area contributed by atoms with E-state index in [1.165, 1.54) is 4.90 Å². The molecule has 4 heteroatoms. The van der Waals surface area contributed by atoms with Crippen molar-refractivity contribution in [2.24, 2.45) is 5.41 Å². The number of carbonyl (C=O) groups is 1. The van der Waals surface area contributed by atoms with Crippen LogP contribution in [-0.4, -0.2) is 28.7 Å². The fourth-order valence-electron chi connectivity index (χ4n) is 2.85. The average molecular weight is 180 g/mol. The topological polar surface area (TPSA) is 64.3 Å². The molecule has 1 amide bonds. The summed E-state index contributed by atoms with van der Waals surface area (Å²) in [5.41, 5.74) is 0.0706. The summed E-state index contributed by atoms with van der Waals surface area (Å²) >= 11 is 0. The molecule has 0 aromatic rings. The molecular weight excluding hydrogens is 168 g/mol. The molecule has 13 heavy (non-hydrogen) atoms. The number of nitrogens with zero attached hydrogens (tertiary/aromatic N) is 2. The number of carboxylic acid groups (broad SMARTS) is 1. The minimum absolute atomic E-state index is 0.108. The smallest absolute Gasteiger partial charge is 0.407 e. The van der Waals surface area contributed by atoms with Gasteiger partial charge in [-0.3, -0.25) is 0 Å². The molecule has 70 valence electrons. The van der Waals surface area contributed by atoms with E-state index in [1.807, 2.05) is 0 Å². The third kappa shape index (κ3) is 0.873. The van der Waals surface area contributed by atoms with Gasteiger partial charge in [-0.05, 0) is 24.7 Å². The lowest BCUT2D eigenvalue weighted by atomic mass is 9.38. The van der Waals surface area contributed by atoms with Crippen LogP contribution in [0.25, 0.3) is 0 Å². The first-order chi connectivity index (χ1) is 6.04. The van der Waals surface area contributed by atoms with Crippen molar-refractivity contribution in [1.29, 1.82) is 5.26 Å². The van der Waals surface area contributed by atoms with Crippen LogP contribution in [-0.2, 0) is 0 Å². The van der Waals surface area contributed by atoms with E-state index in [9.17, 15) is 4.79 Å². The quantitative estimate of drug-likeness (QED) is 0.699. The molecule has 4 nitrogen and oxygen atoms in total. The lowest BCUT2D eigenvalue weighted by molar-refractivity contribution is -0.197. The molecule has 0 spiro atoms. The van der Waals surface area contributed by atoms with E-state index in [2.05, 4.69) is 6.07 Å². The van der Waals surface area contributed by atoms with Crippen LogP contribution in [0.4, 0.5) is 4.79 Å². The molecule has 0 radical (unpaired) electrons. The second kappa shape index (κ2) is 2.16. The van der Waals surface area contributed by atoms with Gasteiger partial charge in [-0.1, -0.05) is 0 Å². The highest BCUT2D eigenvalue weighted by atomic mass is 16.4. The minimum Gasteiger partial charge on any atom is -0.465 e. The van der Waals surface area contributed by atoms with E-state index in [0.29, 0.717) is 6.42 Å². The highest BCUT2D eigenvalue weighted by Gasteiger charge is 2.70. The monoisotopic (exact) mass is 180 g/mol. The fraction of sp³-hybridized carbons (Fsp3) is 0.778. The Kier molecular flexibility index (Phi) is 1.39. The Morgan fingerprint density at radius 2 is 2.15 bits per heavy atom.